The van der Waals surface area contributed by atoms with Crippen LogP contribution in [0.1, 0.15) is 30.9 Å². The van der Waals surface area contributed by atoms with Crippen LogP contribution in [0.4, 0.5) is 13.2 Å². The molecule has 1 atom stereocenters. The number of hydrogen-bond donors (Lipinski definition) is 1. The Morgan fingerprint density at radius 2 is 2.09 bits per heavy atom. The largest absolute Gasteiger partial charge is 0.534 e. The molecular formula is C14H18F3NO3S. The number of hydrogen-bond acceptors (Lipinski definition) is 4. The second-order valence-corrected chi connectivity index (χ2v) is 6.81. The average molecular weight is 337 g/mol. The minimum atomic E-state index is -5.63. The van der Waals surface area contributed by atoms with Crippen LogP contribution in [-0.4, -0.2) is 26.5 Å². The minimum absolute atomic E-state index is 0.219. The van der Waals surface area contributed by atoms with Crippen LogP contribution in [0.25, 0.3) is 0 Å². The molecular weight excluding hydrogens is 319 g/mol. The van der Waals surface area contributed by atoms with Gasteiger partial charge in [0.25, 0.3) is 0 Å². The van der Waals surface area contributed by atoms with E-state index in [2.05, 4.69) is 16.4 Å². The second-order valence-electron chi connectivity index (χ2n) is 5.27. The summed E-state index contributed by atoms with van der Waals surface area (Å²) in [7, 11) is -5.63. The van der Waals surface area contributed by atoms with Gasteiger partial charge >= 0.3 is 15.6 Å². The van der Waals surface area contributed by atoms with Gasteiger partial charge in [-0.1, -0.05) is 19.1 Å². The minimum Gasteiger partial charge on any atom is -0.376 e. The number of nitrogens with one attached hydrogen (secondary N) is 1. The lowest BCUT2D eigenvalue weighted by Crippen LogP contribution is -2.35. The van der Waals surface area contributed by atoms with Crippen molar-refractivity contribution < 1.29 is 25.8 Å². The van der Waals surface area contributed by atoms with Crippen LogP contribution < -0.4 is 9.50 Å². The van der Waals surface area contributed by atoms with Crippen LogP contribution in [0.2, 0.25) is 0 Å². The smallest absolute Gasteiger partial charge is 0.376 e. The van der Waals surface area contributed by atoms with Crippen molar-refractivity contribution in [1.29, 1.82) is 0 Å². The average Bonchev–Trinajstić information content (AvgIpc) is 2.43. The van der Waals surface area contributed by atoms with Crippen molar-refractivity contribution >= 4 is 10.1 Å². The zero-order valence-electron chi connectivity index (χ0n) is 12.1. The van der Waals surface area contributed by atoms with Crippen LogP contribution in [0.5, 0.6) is 5.75 Å². The lowest BCUT2D eigenvalue weighted by molar-refractivity contribution is -0.0500. The number of halogens is 3. The summed E-state index contributed by atoms with van der Waals surface area (Å²) in [6.07, 6.45) is 2.87. The molecule has 0 aromatic heterocycles. The molecule has 22 heavy (non-hydrogen) atoms. The van der Waals surface area contributed by atoms with Crippen LogP contribution in [0.15, 0.2) is 18.2 Å². The van der Waals surface area contributed by atoms with Gasteiger partial charge in [0.1, 0.15) is 5.75 Å². The van der Waals surface area contributed by atoms with E-state index in [4.69, 9.17) is 0 Å². The SMILES string of the molecule is CCCNC1CCc2c(cccc2OS(=O)(=O)C(F)(F)F)C1. The topological polar surface area (TPSA) is 55.4 Å². The maximum atomic E-state index is 12.4. The Kier molecular flexibility index (Phi) is 5.01. The maximum Gasteiger partial charge on any atom is 0.534 e. The van der Waals surface area contributed by atoms with Gasteiger partial charge < -0.3 is 9.50 Å². The van der Waals surface area contributed by atoms with E-state index in [1.807, 2.05) is 0 Å². The predicted octanol–water partition coefficient (Wildman–Crippen LogP) is 2.77. The van der Waals surface area contributed by atoms with E-state index in [1.54, 1.807) is 6.07 Å². The Labute approximate surface area is 127 Å². The van der Waals surface area contributed by atoms with E-state index in [0.29, 0.717) is 18.4 Å². The van der Waals surface area contributed by atoms with Gasteiger partial charge in [0.2, 0.25) is 0 Å². The first-order valence-corrected chi connectivity index (χ1v) is 8.50. The Morgan fingerprint density at radius 1 is 1.36 bits per heavy atom. The standard InChI is InChI=1S/C14H18F3NO3S/c1-2-8-18-11-6-7-12-10(9-11)4-3-5-13(12)21-22(19,20)14(15,16)17/h3-5,11,18H,2,6-9H2,1H3. The van der Waals surface area contributed by atoms with Crippen LogP contribution in [0, 0.1) is 0 Å². The molecule has 4 nitrogen and oxygen atoms in total. The van der Waals surface area contributed by atoms with E-state index in [-0.39, 0.29) is 11.8 Å². The quantitative estimate of drug-likeness (QED) is 0.663. The van der Waals surface area contributed by atoms with Gasteiger partial charge in [-0.2, -0.15) is 21.6 Å². The monoisotopic (exact) mass is 337 g/mol. The van der Waals surface area contributed by atoms with Gasteiger partial charge in [0.15, 0.2) is 0 Å². The molecule has 1 aliphatic carbocycles. The molecule has 2 rings (SSSR count). The van der Waals surface area contributed by atoms with Crippen LogP contribution in [0.3, 0.4) is 0 Å². The highest BCUT2D eigenvalue weighted by Gasteiger charge is 2.48. The third kappa shape index (κ3) is 3.73. The summed E-state index contributed by atoms with van der Waals surface area (Å²) in [6, 6.07) is 4.83. The van der Waals surface area contributed by atoms with Crippen molar-refractivity contribution in [2.45, 2.75) is 44.2 Å². The first-order chi connectivity index (χ1) is 10.2. The summed E-state index contributed by atoms with van der Waals surface area (Å²) in [4.78, 5) is 0. The summed E-state index contributed by atoms with van der Waals surface area (Å²) in [5, 5.41) is 3.37. The van der Waals surface area contributed by atoms with E-state index < -0.39 is 15.6 Å². The molecule has 0 heterocycles. The number of alkyl halides is 3. The van der Waals surface area contributed by atoms with Gasteiger partial charge in [0.05, 0.1) is 0 Å². The summed E-state index contributed by atoms with van der Waals surface area (Å²) in [5.74, 6) is -0.219. The van der Waals surface area contributed by atoms with E-state index in [0.717, 1.165) is 24.9 Å². The fraction of sp³-hybridized carbons (Fsp3) is 0.571. The van der Waals surface area contributed by atoms with Crippen molar-refractivity contribution in [3.8, 4) is 5.75 Å². The molecule has 0 radical (unpaired) electrons. The molecule has 8 heteroatoms. The molecule has 1 aromatic rings. The molecule has 124 valence electrons. The molecule has 1 aromatic carbocycles. The zero-order chi connectivity index (χ0) is 16.4. The number of rotatable bonds is 5. The Bertz CT molecular complexity index is 629. The van der Waals surface area contributed by atoms with Crippen molar-refractivity contribution in [2.75, 3.05) is 6.54 Å². The molecule has 1 unspecified atom stereocenters. The zero-order valence-corrected chi connectivity index (χ0v) is 12.9. The first-order valence-electron chi connectivity index (χ1n) is 7.09. The molecule has 0 saturated carbocycles. The van der Waals surface area contributed by atoms with Gasteiger partial charge in [0, 0.05) is 6.04 Å². The summed E-state index contributed by atoms with van der Waals surface area (Å²) >= 11 is 0. The number of fused-ring (bicyclic) bond motifs is 1. The summed E-state index contributed by atoms with van der Waals surface area (Å²) in [6.45, 7) is 2.93. The van der Waals surface area contributed by atoms with Crippen molar-refractivity contribution in [3.63, 3.8) is 0 Å². The van der Waals surface area contributed by atoms with Crippen molar-refractivity contribution in [2.24, 2.45) is 0 Å². The van der Waals surface area contributed by atoms with Crippen LogP contribution in [-0.2, 0) is 23.0 Å². The third-order valence-electron chi connectivity index (χ3n) is 3.61. The molecule has 1 aliphatic rings. The Hall–Kier alpha value is -1.28. The van der Waals surface area contributed by atoms with Crippen molar-refractivity contribution in [3.05, 3.63) is 29.3 Å². The van der Waals surface area contributed by atoms with Gasteiger partial charge in [-0.05, 0) is 49.4 Å². The summed E-state index contributed by atoms with van der Waals surface area (Å²) in [5.41, 5.74) is -4.05. The third-order valence-corrected chi connectivity index (χ3v) is 4.57. The molecule has 1 N–H and O–H groups in total. The highest BCUT2D eigenvalue weighted by atomic mass is 32.2. The lowest BCUT2D eigenvalue weighted by Gasteiger charge is -2.27. The van der Waals surface area contributed by atoms with Gasteiger partial charge in [-0.15, -0.1) is 0 Å². The van der Waals surface area contributed by atoms with Crippen LogP contribution >= 0.6 is 0 Å². The molecule has 0 bridgehead atoms. The molecule has 0 amide bonds. The first kappa shape index (κ1) is 17.1. The summed E-state index contributed by atoms with van der Waals surface area (Å²) < 4.78 is 63.9. The lowest BCUT2D eigenvalue weighted by atomic mass is 9.87. The van der Waals surface area contributed by atoms with E-state index >= 15 is 0 Å². The second kappa shape index (κ2) is 6.45. The van der Waals surface area contributed by atoms with E-state index in [9.17, 15) is 21.6 Å². The number of benzene rings is 1. The fourth-order valence-corrected chi connectivity index (χ4v) is 3.03. The fourth-order valence-electron chi connectivity index (χ4n) is 2.54. The van der Waals surface area contributed by atoms with Gasteiger partial charge in [-0.3, -0.25) is 0 Å². The highest BCUT2D eigenvalue weighted by molar-refractivity contribution is 7.88. The highest BCUT2D eigenvalue weighted by Crippen LogP contribution is 2.33. The normalized spacial score (nSPS) is 18.8. The molecule has 0 spiro atoms. The predicted molar refractivity (Wildman–Crippen MR) is 76.2 cm³/mol. The van der Waals surface area contributed by atoms with Crippen molar-refractivity contribution in [1.82, 2.24) is 5.32 Å². The molecule has 0 aliphatic heterocycles. The molecule has 0 saturated heterocycles. The maximum absolute atomic E-state index is 12.4. The Morgan fingerprint density at radius 3 is 2.73 bits per heavy atom. The van der Waals surface area contributed by atoms with Gasteiger partial charge in [-0.25, -0.2) is 0 Å². The molecule has 0 fully saturated rings. The van der Waals surface area contributed by atoms with E-state index in [1.165, 1.54) is 12.1 Å². The Balaban J connectivity index is 2.21.